The van der Waals surface area contributed by atoms with Gasteiger partial charge < -0.3 is 1.43 Å². The fourth-order valence-corrected chi connectivity index (χ4v) is 0. The molecule has 0 atom stereocenters. The predicted octanol–water partition coefficient (Wildman–Crippen LogP) is -3.01. The van der Waals surface area contributed by atoms with Gasteiger partial charge in [-0.3, -0.25) is 0 Å². The molecule has 0 aromatic rings. The molecule has 0 saturated heterocycles. The molecule has 0 fully saturated rings. The van der Waals surface area contributed by atoms with E-state index in [1.165, 1.54) is 0 Å². The third kappa shape index (κ3) is 21.7. The van der Waals surface area contributed by atoms with Crippen LogP contribution in [0.15, 0.2) is 0 Å². The van der Waals surface area contributed by atoms with E-state index in [0.717, 1.165) is 0 Å². The average Bonchev–Trinajstić information content (AvgIpc) is 1.00. The van der Waals surface area contributed by atoms with Crippen LogP contribution in [0, 0.1) is 0 Å². The first kappa shape index (κ1) is 26.3. The van der Waals surface area contributed by atoms with Crippen LogP contribution in [0.5, 0.6) is 0 Å². The van der Waals surface area contributed by atoms with Crippen molar-refractivity contribution in [2.24, 2.45) is 0 Å². The smallest absolute Gasteiger partial charge is 0 e. The van der Waals surface area contributed by atoms with Gasteiger partial charge >= 0.3 is 38.6 Å². The fourth-order valence-electron chi connectivity index (χ4n) is 0. The zero-order valence-electron chi connectivity index (χ0n) is 3.81. The van der Waals surface area contributed by atoms with Gasteiger partial charge in [0.25, 0.3) is 0 Å². The van der Waals surface area contributed by atoms with Crippen molar-refractivity contribution >= 4 is 0 Å². The van der Waals surface area contributed by atoms with Gasteiger partial charge in [0.1, 0.15) is 0 Å². The van der Waals surface area contributed by atoms with Gasteiger partial charge in [0.15, 0.2) is 0 Å². The van der Waals surface area contributed by atoms with Gasteiger partial charge in [0, 0.05) is 44.4 Å². The van der Waals surface area contributed by atoms with Gasteiger partial charge in [-0.15, -0.1) is 0 Å². The topological polar surface area (TPSA) is 17.1 Å². The molecule has 0 saturated carbocycles. The Kier molecular flexibility index (Phi) is 172. The molecule has 1 nitrogen and oxygen atoms in total. The van der Waals surface area contributed by atoms with E-state index in [9.17, 15) is 0 Å². The maximum atomic E-state index is 8.06. The van der Waals surface area contributed by atoms with Crippen molar-refractivity contribution in [1.29, 1.82) is 0 Å². The van der Waals surface area contributed by atoms with Crippen molar-refractivity contribution in [3.8, 4) is 0 Å². The minimum Gasteiger partial charge on any atom is 0 e. The Bertz CT molecular complexity index is 15.5. The molecule has 0 spiro atoms. The van der Waals surface area contributed by atoms with Crippen LogP contribution in [0.25, 0.3) is 0 Å². The van der Waals surface area contributed by atoms with Crippen LogP contribution in [0.4, 0.5) is 0 Å². The summed E-state index contributed by atoms with van der Waals surface area (Å²) in [5.74, 6) is 0. The van der Waals surface area contributed by atoms with Crippen molar-refractivity contribution in [3.63, 3.8) is 0 Å². The Hall–Kier alpha value is 2.37. The first-order chi connectivity index (χ1) is 1.00. The molecule has 0 aliphatic carbocycles. The quantitative estimate of drug-likeness (QED) is 0.358. The van der Waals surface area contributed by atoms with Gasteiger partial charge in [-0.2, -0.15) is 0 Å². The molecule has 0 heterocycles. The van der Waals surface area contributed by atoms with E-state index >= 15 is 0 Å². The van der Waals surface area contributed by atoms with Crippen LogP contribution in [0.2, 0.25) is 0 Å². The minimum absolute atomic E-state index is 0. The molecule has 0 rings (SSSR count). The van der Waals surface area contributed by atoms with E-state index in [0.29, 0.717) is 0 Å². The van der Waals surface area contributed by atoms with E-state index in [2.05, 4.69) is 0 Å². The van der Waals surface area contributed by atoms with Gasteiger partial charge in [-0.05, 0) is 0 Å². The van der Waals surface area contributed by atoms with E-state index in [1.54, 1.807) is 15.9 Å². The van der Waals surface area contributed by atoms with Crippen LogP contribution in [-0.4, -0.2) is 0 Å². The SMILES string of the molecule is [H-].[Li+].[O]=[Mn].[Sc].[V]. The zero-order chi connectivity index (χ0) is 2.00. The average molecular weight is 175 g/mol. The molecule has 0 aromatic heterocycles. The molecular weight excluding hydrogens is 174 g/mol. The Morgan fingerprint density at radius 1 is 1.40 bits per heavy atom. The van der Waals surface area contributed by atoms with Crippen molar-refractivity contribution < 1.29 is 84.5 Å². The third-order valence-corrected chi connectivity index (χ3v) is 0. The fraction of sp³-hybridized carbons (Fsp3) is 0. The summed E-state index contributed by atoms with van der Waals surface area (Å²) in [7, 11) is 0. The Morgan fingerprint density at radius 2 is 1.40 bits per heavy atom. The van der Waals surface area contributed by atoms with E-state index in [4.69, 9.17) is 3.83 Å². The zero-order valence-corrected chi connectivity index (χ0v) is 7.19. The largest absolute Gasteiger partial charge is 0 e. The third-order valence-electron chi connectivity index (χ3n) is 0. The maximum Gasteiger partial charge on any atom is 0 e. The molecular formula is HLiMnOScV. The predicted molar refractivity (Wildman–Crippen MR) is 1.80 cm³/mol. The van der Waals surface area contributed by atoms with Gasteiger partial charge in [-0.25, -0.2) is 0 Å². The Balaban J connectivity index is -0.000000000833. The van der Waals surface area contributed by atoms with Crippen molar-refractivity contribution in [3.05, 3.63) is 0 Å². The first-order valence-corrected chi connectivity index (χ1v) is 0.636. The summed E-state index contributed by atoms with van der Waals surface area (Å²) in [5.41, 5.74) is 0. The molecule has 0 unspecified atom stereocenters. The number of rotatable bonds is 0. The van der Waals surface area contributed by atoms with Crippen molar-refractivity contribution in [1.82, 2.24) is 0 Å². The van der Waals surface area contributed by atoms with Crippen LogP contribution in [0.3, 0.4) is 0 Å². The second kappa shape index (κ2) is 32.7. The van der Waals surface area contributed by atoms with Gasteiger partial charge in [0.2, 0.25) is 0 Å². The number of hydrogen-bond donors (Lipinski definition) is 0. The normalized spacial score (nSPS) is 0.800. The summed E-state index contributed by atoms with van der Waals surface area (Å²) in [4.78, 5) is 0. The standard InChI is InChI=1S/Li.Mn.O.Sc.V.H/q+1;;;;;-1. The molecule has 0 bridgehead atoms. The molecule has 5 heavy (non-hydrogen) atoms. The molecule has 5 heteroatoms. The van der Waals surface area contributed by atoms with Gasteiger partial charge in [0.05, 0.1) is 0 Å². The van der Waals surface area contributed by atoms with Crippen molar-refractivity contribution in [2.75, 3.05) is 0 Å². The number of hydrogen-bond acceptors (Lipinski definition) is 1. The molecule has 0 aromatic carbocycles. The second-order valence-electron chi connectivity index (χ2n) is 0. The summed E-state index contributed by atoms with van der Waals surface area (Å²) < 4.78 is 8.06. The molecule has 23 valence electrons. The van der Waals surface area contributed by atoms with Crippen molar-refractivity contribution in [2.45, 2.75) is 0 Å². The molecule has 0 N–H and O–H groups in total. The molecule has 0 amide bonds. The van der Waals surface area contributed by atoms with Crippen LogP contribution in [-0.2, 0) is 64.2 Å². The summed E-state index contributed by atoms with van der Waals surface area (Å²) in [6.45, 7) is 0. The summed E-state index contributed by atoms with van der Waals surface area (Å²) >= 11 is 1.69. The van der Waals surface area contributed by atoms with Gasteiger partial charge in [-0.1, -0.05) is 0 Å². The second-order valence-corrected chi connectivity index (χ2v) is 0. The molecule has 0 aliphatic rings. The minimum atomic E-state index is 0. The summed E-state index contributed by atoms with van der Waals surface area (Å²) in [5, 5.41) is 0. The molecule has 0 aliphatic heterocycles. The first-order valence-electron chi connectivity index (χ1n) is 0.154. The van der Waals surface area contributed by atoms with E-state index < -0.39 is 0 Å². The summed E-state index contributed by atoms with van der Waals surface area (Å²) in [6, 6.07) is 0. The Labute approximate surface area is 83.4 Å². The monoisotopic (exact) mass is 175 g/mol. The Morgan fingerprint density at radius 3 is 1.40 bits per heavy atom. The van der Waals surface area contributed by atoms with E-state index in [-0.39, 0.29) is 64.7 Å². The van der Waals surface area contributed by atoms with Crippen LogP contribution >= 0.6 is 0 Å². The van der Waals surface area contributed by atoms with E-state index in [1.807, 2.05) is 0 Å². The maximum absolute atomic E-state index is 8.06. The molecule has 2 radical (unpaired) electrons. The summed E-state index contributed by atoms with van der Waals surface area (Å²) in [6.07, 6.45) is 0. The van der Waals surface area contributed by atoms with Crippen LogP contribution in [0.1, 0.15) is 1.43 Å². The van der Waals surface area contributed by atoms with Crippen LogP contribution < -0.4 is 18.9 Å².